The van der Waals surface area contributed by atoms with Crippen LogP contribution in [0.2, 0.25) is 0 Å². The van der Waals surface area contributed by atoms with Crippen molar-refractivity contribution >= 4 is 0 Å². The van der Waals surface area contributed by atoms with Gasteiger partial charge in [-0.2, -0.15) is 0 Å². The maximum Gasteiger partial charge on any atom is -0.0143 e. The van der Waals surface area contributed by atoms with Crippen molar-refractivity contribution < 1.29 is 0 Å². The normalized spacial score (nSPS) is 36.5. The largest absolute Gasteiger partial charge is 0.0879 e. The Morgan fingerprint density at radius 1 is 1.06 bits per heavy atom. The topological polar surface area (TPSA) is 0 Å². The second-order valence-electron chi connectivity index (χ2n) is 13.1. The molecule has 0 aliphatic heterocycles. The van der Waals surface area contributed by atoms with Crippen LogP contribution in [0.3, 0.4) is 0 Å². The minimum atomic E-state index is 0.484. The van der Waals surface area contributed by atoms with Crippen LogP contribution in [0.1, 0.15) is 120 Å². The lowest BCUT2D eigenvalue weighted by atomic mass is 9.60. The lowest BCUT2D eigenvalue weighted by molar-refractivity contribution is 0.0920. The van der Waals surface area contributed by atoms with Crippen LogP contribution in [0, 0.1) is 40.4 Å². The molecule has 0 aromatic heterocycles. The van der Waals surface area contributed by atoms with E-state index in [0.29, 0.717) is 10.8 Å². The smallest absolute Gasteiger partial charge is 0.0143 e. The number of fused-ring (bicyclic) bond motifs is 1. The molecule has 0 radical (unpaired) electrons. The summed E-state index contributed by atoms with van der Waals surface area (Å²) in [6, 6.07) is 0. The Labute approximate surface area is 195 Å². The summed E-state index contributed by atoms with van der Waals surface area (Å²) in [7, 11) is 0. The monoisotopic (exact) mass is 424 g/mol. The minimum absolute atomic E-state index is 0.484. The molecule has 31 heavy (non-hydrogen) atoms. The van der Waals surface area contributed by atoms with Gasteiger partial charge in [0.2, 0.25) is 0 Å². The summed E-state index contributed by atoms with van der Waals surface area (Å²) in [5, 5.41) is 0. The van der Waals surface area contributed by atoms with E-state index < -0.39 is 0 Å². The van der Waals surface area contributed by atoms with E-state index in [0.717, 1.165) is 29.6 Å². The Hall–Kier alpha value is -0.780. The fourth-order valence-electron chi connectivity index (χ4n) is 7.89. The molecular formula is C31H52. The molecule has 176 valence electrons. The fraction of sp³-hybridized carbons (Fsp3) is 0.806. The van der Waals surface area contributed by atoms with Crippen molar-refractivity contribution in [3.63, 3.8) is 0 Å². The lowest BCUT2D eigenvalue weighted by Gasteiger charge is -2.44. The van der Waals surface area contributed by atoms with Crippen LogP contribution in [0.5, 0.6) is 0 Å². The van der Waals surface area contributed by atoms with Crippen LogP contribution in [-0.2, 0) is 0 Å². The van der Waals surface area contributed by atoms with Crippen LogP contribution in [-0.4, -0.2) is 0 Å². The van der Waals surface area contributed by atoms with Crippen molar-refractivity contribution in [1.29, 1.82) is 0 Å². The van der Waals surface area contributed by atoms with E-state index >= 15 is 0 Å². The van der Waals surface area contributed by atoms with Crippen molar-refractivity contribution in [2.75, 3.05) is 0 Å². The Balaban J connectivity index is 1.68. The van der Waals surface area contributed by atoms with Gasteiger partial charge < -0.3 is 0 Å². The predicted octanol–water partition coefficient (Wildman–Crippen LogP) is 9.92. The van der Waals surface area contributed by atoms with E-state index in [9.17, 15) is 0 Å². The molecule has 0 aromatic carbocycles. The summed E-state index contributed by atoms with van der Waals surface area (Å²) >= 11 is 0. The number of allylic oxidation sites excluding steroid dienone is 6. The van der Waals surface area contributed by atoms with Crippen LogP contribution in [0.4, 0.5) is 0 Å². The number of rotatable bonds is 5. The molecule has 0 bridgehead atoms. The molecule has 3 rings (SSSR count). The summed E-state index contributed by atoms with van der Waals surface area (Å²) in [5.74, 6) is 4.10. The average molecular weight is 425 g/mol. The van der Waals surface area contributed by atoms with Crippen LogP contribution in [0.15, 0.2) is 34.9 Å². The zero-order valence-electron chi connectivity index (χ0n) is 22.2. The molecule has 0 spiro atoms. The molecule has 0 aromatic rings. The Kier molecular flexibility index (Phi) is 8.02. The molecule has 0 heteroatoms. The molecule has 3 saturated carbocycles. The SMILES string of the molecule is CC=C1[C@H](C)CC(=C/C=C2\CCC[C@@]3(C)C2CCC3[C@H](C)CCCC(C)(C)C)C[C@H]1C. The van der Waals surface area contributed by atoms with Crippen LogP contribution < -0.4 is 0 Å². The van der Waals surface area contributed by atoms with Crippen LogP contribution in [0.25, 0.3) is 0 Å². The van der Waals surface area contributed by atoms with Gasteiger partial charge in [0.05, 0.1) is 0 Å². The van der Waals surface area contributed by atoms with E-state index in [1.807, 2.05) is 0 Å². The van der Waals surface area contributed by atoms with E-state index in [1.165, 1.54) is 64.2 Å². The van der Waals surface area contributed by atoms with Gasteiger partial charge in [-0.05, 0) is 98.7 Å². The summed E-state index contributed by atoms with van der Waals surface area (Å²) in [5.41, 5.74) is 6.19. The molecular weight excluding hydrogens is 372 g/mol. The highest BCUT2D eigenvalue weighted by molar-refractivity contribution is 5.28. The molecule has 3 aliphatic carbocycles. The average Bonchev–Trinajstić information content (AvgIpc) is 3.02. The molecule has 0 nitrogen and oxygen atoms in total. The fourth-order valence-corrected chi connectivity index (χ4v) is 7.89. The van der Waals surface area contributed by atoms with Crippen molar-refractivity contribution in [3.05, 3.63) is 34.9 Å². The molecule has 0 heterocycles. The summed E-state index contributed by atoms with van der Waals surface area (Å²) < 4.78 is 0. The number of hydrogen-bond donors (Lipinski definition) is 0. The van der Waals surface area contributed by atoms with Gasteiger partial charge in [-0.25, -0.2) is 0 Å². The van der Waals surface area contributed by atoms with Gasteiger partial charge >= 0.3 is 0 Å². The number of hydrogen-bond acceptors (Lipinski definition) is 0. The second kappa shape index (κ2) is 10.0. The van der Waals surface area contributed by atoms with Gasteiger partial charge in [-0.3, -0.25) is 0 Å². The molecule has 2 unspecified atom stereocenters. The standard InChI is InChI=1S/C31H52/c1-9-27-23(3)20-25(21-24(27)4)14-15-26-13-11-19-31(8)28(16-17-29(26)31)22(2)12-10-18-30(5,6)7/h9,14-15,22-24,28-29H,10-13,16-21H2,1-8H3/b25-14?,26-15+,27-9?/t22-,23-,24-,28?,29?,31-/m1/s1. The Bertz CT molecular complexity index is 680. The first-order valence-corrected chi connectivity index (χ1v) is 13.6. The molecule has 6 atom stereocenters. The van der Waals surface area contributed by atoms with E-state index in [4.69, 9.17) is 0 Å². The Morgan fingerprint density at radius 2 is 1.74 bits per heavy atom. The van der Waals surface area contributed by atoms with Gasteiger partial charge in [0.15, 0.2) is 0 Å². The van der Waals surface area contributed by atoms with Gasteiger partial charge in [0.25, 0.3) is 0 Å². The molecule has 0 saturated heterocycles. The third-order valence-corrected chi connectivity index (χ3v) is 9.45. The highest BCUT2D eigenvalue weighted by Crippen LogP contribution is 2.60. The van der Waals surface area contributed by atoms with Crippen molar-refractivity contribution in [1.82, 2.24) is 0 Å². The van der Waals surface area contributed by atoms with E-state index in [-0.39, 0.29) is 0 Å². The minimum Gasteiger partial charge on any atom is -0.0879 e. The highest BCUT2D eigenvalue weighted by Gasteiger charge is 2.50. The molecule has 3 fully saturated rings. The first kappa shape index (κ1) is 24.9. The predicted molar refractivity (Wildman–Crippen MR) is 138 cm³/mol. The van der Waals surface area contributed by atoms with Gasteiger partial charge in [0, 0.05) is 0 Å². The third-order valence-electron chi connectivity index (χ3n) is 9.45. The van der Waals surface area contributed by atoms with Gasteiger partial charge in [-0.1, -0.05) is 96.3 Å². The summed E-state index contributed by atoms with van der Waals surface area (Å²) in [4.78, 5) is 0. The van der Waals surface area contributed by atoms with Crippen molar-refractivity contribution in [2.45, 2.75) is 120 Å². The van der Waals surface area contributed by atoms with E-state index in [1.54, 1.807) is 16.7 Å². The maximum absolute atomic E-state index is 2.67. The summed E-state index contributed by atoms with van der Waals surface area (Å²) in [6.45, 7) is 19.5. The zero-order chi connectivity index (χ0) is 22.8. The lowest BCUT2D eigenvalue weighted by Crippen LogP contribution is -2.36. The maximum atomic E-state index is 2.67. The quantitative estimate of drug-likeness (QED) is 0.385. The Morgan fingerprint density at radius 3 is 2.35 bits per heavy atom. The molecule has 3 aliphatic rings. The highest BCUT2D eigenvalue weighted by atomic mass is 14.5. The van der Waals surface area contributed by atoms with E-state index in [2.05, 4.69) is 73.6 Å². The first-order valence-electron chi connectivity index (χ1n) is 13.6. The van der Waals surface area contributed by atoms with Crippen LogP contribution >= 0.6 is 0 Å². The molecule has 0 N–H and O–H groups in total. The summed E-state index contributed by atoms with van der Waals surface area (Å²) in [6.07, 6.45) is 21.4. The van der Waals surface area contributed by atoms with Gasteiger partial charge in [0.1, 0.15) is 0 Å². The molecule has 0 amide bonds. The zero-order valence-corrected chi connectivity index (χ0v) is 22.2. The van der Waals surface area contributed by atoms with Gasteiger partial charge in [-0.15, -0.1) is 0 Å². The van der Waals surface area contributed by atoms with Crippen molar-refractivity contribution in [3.8, 4) is 0 Å². The van der Waals surface area contributed by atoms with Crippen molar-refractivity contribution in [2.24, 2.45) is 40.4 Å². The third kappa shape index (κ3) is 5.78. The first-order chi connectivity index (χ1) is 14.5. The second-order valence-corrected chi connectivity index (χ2v) is 13.1.